The normalized spacial score (nSPS) is 23.6. The highest BCUT2D eigenvalue weighted by Crippen LogP contribution is 2.47. The maximum atomic E-state index is 12.5. The molecule has 1 N–H and O–H groups in total. The minimum atomic E-state index is -0.0944. The van der Waals surface area contributed by atoms with E-state index in [1.807, 2.05) is 48.2 Å². The van der Waals surface area contributed by atoms with Crippen LogP contribution in [0.3, 0.4) is 0 Å². The lowest BCUT2D eigenvalue weighted by Crippen LogP contribution is -2.29. The molecule has 2 aliphatic rings. The number of benzene rings is 1. The number of carbonyl (C=O) groups is 2. The van der Waals surface area contributed by atoms with Crippen LogP contribution in [0.2, 0.25) is 0 Å². The highest BCUT2D eigenvalue weighted by Gasteiger charge is 2.46. The van der Waals surface area contributed by atoms with Crippen LogP contribution in [0.4, 0.5) is 5.69 Å². The molecule has 0 spiro atoms. The molecule has 1 saturated heterocycles. The highest BCUT2D eigenvalue weighted by molar-refractivity contribution is 5.95. The molecular formula is C20H22N2O3. The molecule has 1 aliphatic heterocycles. The third-order valence-corrected chi connectivity index (χ3v) is 5.15. The molecule has 1 saturated carbocycles. The Balaban J connectivity index is 1.40. The van der Waals surface area contributed by atoms with Crippen molar-refractivity contribution in [3.63, 3.8) is 0 Å². The highest BCUT2D eigenvalue weighted by atomic mass is 16.3. The van der Waals surface area contributed by atoms with E-state index in [0.717, 1.165) is 36.4 Å². The zero-order valence-electron chi connectivity index (χ0n) is 14.3. The zero-order chi connectivity index (χ0) is 17.4. The van der Waals surface area contributed by atoms with Crippen LogP contribution in [0.25, 0.3) is 0 Å². The summed E-state index contributed by atoms with van der Waals surface area (Å²) in [7, 11) is 0. The lowest BCUT2D eigenvalue weighted by molar-refractivity contribution is -0.123. The van der Waals surface area contributed by atoms with E-state index in [0.29, 0.717) is 6.42 Å². The Morgan fingerprint density at radius 1 is 1.32 bits per heavy atom. The Kier molecular flexibility index (Phi) is 4.07. The second-order valence-corrected chi connectivity index (χ2v) is 6.94. The van der Waals surface area contributed by atoms with E-state index < -0.39 is 0 Å². The fraction of sp³-hybridized carbons (Fsp3) is 0.400. The number of nitrogens with one attached hydrogen (secondary N) is 1. The van der Waals surface area contributed by atoms with Crippen molar-refractivity contribution in [2.24, 2.45) is 5.92 Å². The molecule has 130 valence electrons. The first-order valence-corrected chi connectivity index (χ1v) is 8.87. The van der Waals surface area contributed by atoms with Gasteiger partial charge in [0.05, 0.1) is 12.3 Å². The van der Waals surface area contributed by atoms with Crippen molar-refractivity contribution in [1.82, 2.24) is 5.32 Å². The maximum absolute atomic E-state index is 12.5. The van der Waals surface area contributed by atoms with Gasteiger partial charge in [0, 0.05) is 30.5 Å². The first-order valence-electron chi connectivity index (χ1n) is 8.87. The molecule has 4 rings (SSSR count). The van der Waals surface area contributed by atoms with Crippen LogP contribution in [0.1, 0.15) is 49.5 Å². The van der Waals surface area contributed by atoms with Gasteiger partial charge in [0.1, 0.15) is 5.76 Å². The van der Waals surface area contributed by atoms with Gasteiger partial charge in [-0.3, -0.25) is 9.59 Å². The van der Waals surface area contributed by atoms with Crippen LogP contribution in [-0.2, 0) is 9.59 Å². The number of furan rings is 1. The molecule has 5 heteroatoms. The van der Waals surface area contributed by atoms with Crippen molar-refractivity contribution < 1.29 is 14.0 Å². The maximum Gasteiger partial charge on any atom is 0.227 e. The van der Waals surface area contributed by atoms with Gasteiger partial charge in [-0.05, 0) is 49.6 Å². The second kappa shape index (κ2) is 6.39. The Morgan fingerprint density at radius 2 is 2.20 bits per heavy atom. The number of carbonyl (C=O) groups excluding carboxylic acids is 2. The molecule has 2 aromatic rings. The monoisotopic (exact) mass is 338 g/mol. The van der Waals surface area contributed by atoms with Crippen LogP contribution < -0.4 is 10.2 Å². The Bertz CT molecular complexity index is 784. The third-order valence-electron chi connectivity index (χ3n) is 5.15. The summed E-state index contributed by atoms with van der Waals surface area (Å²) in [6.07, 6.45) is 4.02. The molecule has 1 aliphatic carbocycles. The molecule has 1 aromatic carbocycles. The minimum absolute atomic E-state index is 0.00283. The van der Waals surface area contributed by atoms with Crippen molar-refractivity contribution in [2.45, 2.75) is 38.1 Å². The van der Waals surface area contributed by atoms with Gasteiger partial charge in [-0.1, -0.05) is 12.1 Å². The molecule has 5 nitrogen and oxygen atoms in total. The predicted molar refractivity (Wildman–Crippen MR) is 94.1 cm³/mol. The molecule has 25 heavy (non-hydrogen) atoms. The standard InChI is InChI=1S/C20H22N2O3/c1-13(21-20(24)17-12-16(17)18-7-4-10-25-18)14-5-2-6-15(11-14)22-9-3-8-19(22)23/h2,4-7,10-11,13,16-17H,3,8-9,12H2,1H3,(H,21,24)/t13-,16-,17+/m0/s1. The lowest BCUT2D eigenvalue weighted by Gasteiger charge is -2.19. The summed E-state index contributed by atoms with van der Waals surface area (Å²) in [6.45, 7) is 2.75. The summed E-state index contributed by atoms with van der Waals surface area (Å²) in [6, 6.07) is 11.6. The van der Waals surface area contributed by atoms with E-state index in [-0.39, 0.29) is 29.7 Å². The Hall–Kier alpha value is -2.56. The molecule has 3 atom stereocenters. The average molecular weight is 338 g/mol. The van der Waals surface area contributed by atoms with Gasteiger partial charge < -0.3 is 14.6 Å². The zero-order valence-corrected chi connectivity index (χ0v) is 14.3. The first kappa shape index (κ1) is 15.9. The smallest absolute Gasteiger partial charge is 0.227 e. The fourth-order valence-corrected chi connectivity index (χ4v) is 3.59. The SMILES string of the molecule is C[C@H](NC(=O)[C@@H]1C[C@@H]1c1ccco1)c1cccc(N2CCCC2=O)c1. The number of amides is 2. The molecule has 2 fully saturated rings. The second-order valence-electron chi connectivity index (χ2n) is 6.94. The van der Waals surface area contributed by atoms with E-state index in [2.05, 4.69) is 5.32 Å². The largest absolute Gasteiger partial charge is 0.469 e. The number of hydrogen-bond acceptors (Lipinski definition) is 3. The number of anilines is 1. The fourth-order valence-electron chi connectivity index (χ4n) is 3.59. The summed E-state index contributed by atoms with van der Waals surface area (Å²) in [4.78, 5) is 26.2. The van der Waals surface area contributed by atoms with E-state index in [4.69, 9.17) is 4.42 Å². The van der Waals surface area contributed by atoms with Crippen molar-refractivity contribution >= 4 is 17.5 Å². The van der Waals surface area contributed by atoms with Gasteiger partial charge in [-0.15, -0.1) is 0 Å². The van der Waals surface area contributed by atoms with Crippen molar-refractivity contribution in [2.75, 3.05) is 11.4 Å². The first-order chi connectivity index (χ1) is 12.1. The van der Waals surface area contributed by atoms with E-state index in [1.165, 1.54) is 0 Å². The van der Waals surface area contributed by atoms with Crippen LogP contribution in [0.5, 0.6) is 0 Å². The number of hydrogen-bond donors (Lipinski definition) is 1. The van der Waals surface area contributed by atoms with Crippen LogP contribution in [0.15, 0.2) is 47.1 Å². The van der Waals surface area contributed by atoms with E-state index in [9.17, 15) is 9.59 Å². The average Bonchev–Trinajstić information content (AvgIpc) is 3.02. The summed E-state index contributed by atoms with van der Waals surface area (Å²) in [5.41, 5.74) is 1.93. The summed E-state index contributed by atoms with van der Waals surface area (Å²) in [5, 5.41) is 3.10. The van der Waals surface area contributed by atoms with Gasteiger partial charge >= 0.3 is 0 Å². The molecule has 0 radical (unpaired) electrons. The Morgan fingerprint density at radius 3 is 2.92 bits per heavy atom. The predicted octanol–water partition coefficient (Wildman–Crippen LogP) is 3.39. The van der Waals surface area contributed by atoms with Crippen molar-refractivity contribution in [1.29, 1.82) is 0 Å². The van der Waals surface area contributed by atoms with Gasteiger partial charge in [0.25, 0.3) is 0 Å². The third kappa shape index (κ3) is 3.18. The van der Waals surface area contributed by atoms with E-state index in [1.54, 1.807) is 6.26 Å². The summed E-state index contributed by atoms with van der Waals surface area (Å²) < 4.78 is 5.39. The van der Waals surface area contributed by atoms with Crippen LogP contribution in [-0.4, -0.2) is 18.4 Å². The number of nitrogens with zero attached hydrogens (tertiary/aromatic N) is 1. The number of rotatable bonds is 5. The molecular weight excluding hydrogens is 316 g/mol. The van der Waals surface area contributed by atoms with Gasteiger partial charge in [0.15, 0.2) is 0 Å². The van der Waals surface area contributed by atoms with Crippen molar-refractivity contribution in [3.05, 3.63) is 54.0 Å². The van der Waals surface area contributed by atoms with Gasteiger partial charge in [-0.2, -0.15) is 0 Å². The molecule has 0 bridgehead atoms. The molecule has 2 heterocycles. The van der Waals surface area contributed by atoms with Gasteiger partial charge in [-0.25, -0.2) is 0 Å². The van der Waals surface area contributed by atoms with Crippen molar-refractivity contribution in [3.8, 4) is 0 Å². The quantitative estimate of drug-likeness (QED) is 0.909. The van der Waals surface area contributed by atoms with E-state index >= 15 is 0 Å². The summed E-state index contributed by atoms with van der Waals surface area (Å²) >= 11 is 0. The molecule has 1 aromatic heterocycles. The molecule has 2 amide bonds. The van der Waals surface area contributed by atoms with Crippen LogP contribution >= 0.6 is 0 Å². The summed E-state index contributed by atoms with van der Waals surface area (Å²) in [5.74, 6) is 1.33. The Labute approximate surface area is 147 Å². The topological polar surface area (TPSA) is 62.6 Å². The van der Waals surface area contributed by atoms with Gasteiger partial charge in [0.2, 0.25) is 11.8 Å². The minimum Gasteiger partial charge on any atom is -0.469 e. The molecule has 0 unspecified atom stereocenters. The van der Waals surface area contributed by atoms with Crippen LogP contribution in [0, 0.1) is 5.92 Å². The lowest BCUT2D eigenvalue weighted by atomic mass is 10.1.